The number of hydrogen-bond donors (Lipinski definition) is 3. The van der Waals surface area contributed by atoms with Crippen molar-refractivity contribution in [2.75, 3.05) is 6.61 Å². The Hall–Kier alpha value is -0.910. The maximum Gasteiger partial charge on any atom is 0.313 e. The Balaban J connectivity index is 1.52. The van der Waals surface area contributed by atoms with E-state index in [1.165, 1.54) is 0 Å². The summed E-state index contributed by atoms with van der Waals surface area (Å²) in [6.07, 6.45) is 9.25. The molecule has 35 heavy (non-hydrogen) atoms. The first-order chi connectivity index (χ1) is 16.3. The Labute approximate surface area is 210 Å². The smallest absolute Gasteiger partial charge is 0.313 e. The van der Waals surface area contributed by atoms with Gasteiger partial charge in [0.25, 0.3) is 0 Å². The number of allylic oxidation sites excluding steroid dienone is 1. The summed E-state index contributed by atoms with van der Waals surface area (Å²) in [5, 5.41) is 32.4. The third kappa shape index (κ3) is 2.41. The molecule has 0 aromatic rings. The van der Waals surface area contributed by atoms with Crippen LogP contribution < -0.4 is 0 Å². The van der Waals surface area contributed by atoms with Crippen LogP contribution in [0.3, 0.4) is 0 Å². The lowest BCUT2D eigenvalue weighted by atomic mass is 9.32. The number of rotatable bonds is 1. The highest BCUT2D eigenvalue weighted by Gasteiger charge is 2.80. The zero-order valence-electron chi connectivity index (χ0n) is 22.5. The van der Waals surface area contributed by atoms with Gasteiger partial charge >= 0.3 is 5.97 Å². The average molecular weight is 487 g/mol. The van der Waals surface area contributed by atoms with Crippen molar-refractivity contribution in [1.29, 1.82) is 0 Å². The normalized spacial score (nSPS) is 62.9. The van der Waals surface area contributed by atoms with Gasteiger partial charge in [0.2, 0.25) is 0 Å². The molecular formula is C30H46O5. The van der Waals surface area contributed by atoms with Crippen LogP contribution in [-0.4, -0.2) is 45.7 Å². The molecule has 1 saturated heterocycles. The molecule has 6 rings (SSSR count). The molecule has 5 heteroatoms. The van der Waals surface area contributed by atoms with Gasteiger partial charge in [-0.2, -0.15) is 0 Å². The Morgan fingerprint density at radius 1 is 1.03 bits per heavy atom. The van der Waals surface area contributed by atoms with E-state index in [-0.39, 0.29) is 52.0 Å². The Morgan fingerprint density at radius 3 is 2.43 bits per heavy atom. The Morgan fingerprint density at radius 2 is 1.74 bits per heavy atom. The quantitative estimate of drug-likeness (QED) is 0.376. The van der Waals surface area contributed by atoms with Gasteiger partial charge in [-0.05, 0) is 85.5 Å². The topological polar surface area (TPSA) is 87.0 Å². The van der Waals surface area contributed by atoms with Gasteiger partial charge in [0.05, 0.1) is 24.2 Å². The van der Waals surface area contributed by atoms with Crippen LogP contribution in [0.2, 0.25) is 0 Å². The molecule has 1 spiro atoms. The van der Waals surface area contributed by atoms with E-state index in [0.717, 1.165) is 38.5 Å². The third-order valence-corrected chi connectivity index (χ3v) is 13.9. The van der Waals surface area contributed by atoms with Crippen LogP contribution in [0.4, 0.5) is 0 Å². The Kier molecular flexibility index (Phi) is 4.84. The summed E-state index contributed by atoms with van der Waals surface area (Å²) in [6, 6.07) is 0. The number of carbonyl (C=O) groups is 1. The van der Waals surface area contributed by atoms with Crippen LogP contribution in [0.1, 0.15) is 86.5 Å². The van der Waals surface area contributed by atoms with E-state index in [9.17, 15) is 20.1 Å². The van der Waals surface area contributed by atoms with Gasteiger partial charge in [0.1, 0.15) is 5.60 Å². The minimum absolute atomic E-state index is 0.0423. The van der Waals surface area contributed by atoms with Crippen molar-refractivity contribution in [2.24, 2.45) is 56.7 Å². The standard InChI is InChI=1S/C30H46O5/c1-17-7-11-29-14-13-28(6)27(5)10-8-20-25(3,15-19(32)23(33)26(20,4)16-31)21(27)9-12-30(28,35-24(29)34)22(29)18(17)2/h9,12,17-23,31-33H,7-8,10-11,13-16H2,1-6H3. The molecule has 0 aromatic heterocycles. The lowest BCUT2D eigenvalue weighted by molar-refractivity contribution is -0.264. The molecule has 2 bridgehead atoms. The number of esters is 1. The van der Waals surface area contributed by atoms with Crippen LogP contribution in [0.5, 0.6) is 0 Å². The summed E-state index contributed by atoms with van der Waals surface area (Å²) >= 11 is 0. The van der Waals surface area contributed by atoms with Gasteiger partial charge < -0.3 is 20.1 Å². The SMILES string of the molecule is CC1CCC23CCC4(C)C5(C)CCC6C(C)(CO)C(O)C(O)CC6(C)C5C=CC4(OC2=O)C3C1C. The number of aliphatic hydroxyl groups is 3. The first kappa shape index (κ1) is 24.4. The summed E-state index contributed by atoms with van der Waals surface area (Å²) in [6.45, 7) is 13.6. The summed E-state index contributed by atoms with van der Waals surface area (Å²) in [7, 11) is 0. The Bertz CT molecular complexity index is 978. The molecule has 6 aliphatic rings. The zero-order valence-corrected chi connectivity index (χ0v) is 22.5. The van der Waals surface area contributed by atoms with E-state index in [1.54, 1.807) is 0 Å². The molecule has 13 atom stereocenters. The van der Waals surface area contributed by atoms with E-state index >= 15 is 0 Å². The molecule has 4 saturated carbocycles. The average Bonchev–Trinajstić information content (AvgIpc) is 3.01. The first-order valence-corrected chi connectivity index (χ1v) is 14.2. The van der Waals surface area contributed by atoms with Crippen molar-refractivity contribution in [3.05, 3.63) is 12.2 Å². The van der Waals surface area contributed by atoms with Gasteiger partial charge in [-0.1, -0.05) is 47.6 Å². The molecule has 0 radical (unpaired) electrons. The molecule has 0 aromatic carbocycles. The van der Waals surface area contributed by atoms with Gasteiger partial charge in [0, 0.05) is 16.7 Å². The van der Waals surface area contributed by atoms with E-state index in [0.29, 0.717) is 18.3 Å². The van der Waals surface area contributed by atoms with E-state index < -0.39 is 23.2 Å². The molecule has 0 amide bonds. The highest BCUT2D eigenvalue weighted by atomic mass is 16.6. The summed E-state index contributed by atoms with van der Waals surface area (Å²) in [4.78, 5) is 13.7. The van der Waals surface area contributed by atoms with Gasteiger partial charge in [-0.3, -0.25) is 4.79 Å². The number of hydrogen-bond acceptors (Lipinski definition) is 5. The van der Waals surface area contributed by atoms with Crippen molar-refractivity contribution in [1.82, 2.24) is 0 Å². The van der Waals surface area contributed by atoms with Crippen LogP contribution in [0.15, 0.2) is 12.2 Å². The number of aliphatic hydroxyl groups excluding tert-OH is 3. The van der Waals surface area contributed by atoms with Gasteiger partial charge in [-0.15, -0.1) is 0 Å². The second kappa shape index (κ2) is 6.94. The maximum absolute atomic E-state index is 13.7. The highest BCUT2D eigenvalue weighted by molar-refractivity contribution is 5.82. The molecule has 5 aliphatic carbocycles. The predicted octanol–water partition coefficient (Wildman–Crippen LogP) is 4.48. The lowest BCUT2D eigenvalue weighted by Crippen LogP contribution is -2.72. The van der Waals surface area contributed by atoms with Crippen molar-refractivity contribution in [2.45, 2.75) is 104 Å². The van der Waals surface area contributed by atoms with Crippen LogP contribution in [0, 0.1) is 56.7 Å². The molecule has 1 aliphatic heterocycles. The van der Waals surface area contributed by atoms with Crippen molar-refractivity contribution in [3.63, 3.8) is 0 Å². The van der Waals surface area contributed by atoms with Crippen molar-refractivity contribution >= 4 is 5.97 Å². The third-order valence-electron chi connectivity index (χ3n) is 13.9. The van der Waals surface area contributed by atoms with E-state index in [2.05, 4.69) is 46.8 Å². The molecule has 5 fully saturated rings. The van der Waals surface area contributed by atoms with Crippen molar-refractivity contribution in [3.8, 4) is 0 Å². The van der Waals surface area contributed by atoms with Gasteiger partial charge in [-0.25, -0.2) is 0 Å². The minimum Gasteiger partial charge on any atom is -0.453 e. The second-order valence-electron chi connectivity index (χ2n) is 14.8. The fourth-order valence-electron chi connectivity index (χ4n) is 11.6. The summed E-state index contributed by atoms with van der Waals surface area (Å²) in [5.41, 5.74) is -2.20. The molecule has 3 N–H and O–H groups in total. The summed E-state index contributed by atoms with van der Waals surface area (Å²) < 4.78 is 6.66. The highest BCUT2D eigenvalue weighted by Crippen LogP contribution is 2.79. The molecular weight excluding hydrogens is 440 g/mol. The first-order valence-electron chi connectivity index (χ1n) is 14.2. The van der Waals surface area contributed by atoms with Crippen LogP contribution in [0.25, 0.3) is 0 Å². The lowest BCUT2D eigenvalue weighted by Gasteiger charge is -2.72. The maximum atomic E-state index is 13.7. The van der Waals surface area contributed by atoms with Crippen LogP contribution in [-0.2, 0) is 9.53 Å². The van der Waals surface area contributed by atoms with Crippen LogP contribution >= 0.6 is 0 Å². The second-order valence-corrected chi connectivity index (χ2v) is 14.8. The largest absolute Gasteiger partial charge is 0.453 e. The van der Waals surface area contributed by atoms with E-state index in [1.807, 2.05) is 6.92 Å². The predicted molar refractivity (Wildman–Crippen MR) is 133 cm³/mol. The molecule has 1 heterocycles. The number of fused-ring (bicyclic) bond motifs is 4. The zero-order chi connectivity index (χ0) is 25.4. The minimum atomic E-state index is -0.917. The van der Waals surface area contributed by atoms with Crippen molar-refractivity contribution < 1.29 is 24.9 Å². The fraction of sp³-hybridized carbons (Fsp3) is 0.900. The molecule has 13 unspecified atom stereocenters. The number of ether oxygens (including phenoxy) is 1. The summed E-state index contributed by atoms with van der Waals surface area (Å²) in [5.74, 6) is 1.55. The monoisotopic (exact) mass is 486 g/mol. The fourth-order valence-corrected chi connectivity index (χ4v) is 11.6. The number of carbonyl (C=O) groups excluding carboxylic acids is 1. The van der Waals surface area contributed by atoms with E-state index in [4.69, 9.17) is 4.74 Å². The molecule has 5 nitrogen and oxygen atoms in total. The molecule has 196 valence electrons. The van der Waals surface area contributed by atoms with Gasteiger partial charge in [0.15, 0.2) is 0 Å².